The minimum absolute atomic E-state index is 0.0441. The second-order valence-corrected chi connectivity index (χ2v) is 12.6. The van der Waals surface area contributed by atoms with E-state index >= 15 is 0 Å². The molecular weight excluding hydrogens is 668 g/mol. The number of hydrogen-bond donors (Lipinski definition) is 3. The number of rotatable bonds is 17. The zero-order valence-electron chi connectivity index (χ0n) is 29.5. The summed E-state index contributed by atoms with van der Waals surface area (Å²) in [6.45, 7) is 1.00. The number of hydrogen-bond acceptors (Lipinski definition) is 8. The lowest BCUT2D eigenvalue weighted by Gasteiger charge is -2.31. The molecule has 6 rings (SSSR count). The average Bonchev–Trinajstić information content (AvgIpc) is 3.60. The molecule has 0 saturated carbocycles. The van der Waals surface area contributed by atoms with Gasteiger partial charge in [0.2, 0.25) is 5.90 Å². The van der Waals surface area contributed by atoms with E-state index in [0.717, 1.165) is 39.1 Å². The third-order valence-corrected chi connectivity index (χ3v) is 9.11. The molecule has 1 heterocycles. The van der Waals surface area contributed by atoms with Gasteiger partial charge in [0.15, 0.2) is 11.6 Å². The summed E-state index contributed by atoms with van der Waals surface area (Å²) < 4.78 is 17.9. The van der Waals surface area contributed by atoms with Crippen molar-refractivity contribution in [3.63, 3.8) is 0 Å². The van der Waals surface area contributed by atoms with E-state index in [9.17, 15) is 4.79 Å². The van der Waals surface area contributed by atoms with Crippen molar-refractivity contribution < 1.29 is 24.1 Å². The highest BCUT2D eigenvalue weighted by Crippen LogP contribution is 2.43. The van der Waals surface area contributed by atoms with Crippen LogP contribution in [0.3, 0.4) is 0 Å². The summed E-state index contributed by atoms with van der Waals surface area (Å²) in [6, 6.07) is 40.8. The lowest BCUT2D eigenvalue weighted by molar-refractivity contribution is -0.130. The van der Waals surface area contributed by atoms with E-state index in [2.05, 4.69) is 33.0 Å². The Morgan fingerprint density at radius 1 is 0.887 bits per heavy atom. The van der Waals surface area contributed by atoms with Gasteiger partial charge in [-0.15, -0.1) is 0 Å². The van der Waals surface area contributed by atoms with Crippen LogP contribution in [0, 0.1) is 0 Å². The second-order valence-electron chi connectivity index (χ2n) is 12.6. The molecule has 2 atom stereocenters. The molecule has 53 heavy (non-hydrogen) atoms. The Morgan fingerprint density at radius 2 is 1.60 bits per heavy atom. The number of carbonyl (C=O) groups is 1. The van der Waals surface area contributed by atoms with Crippen LogP contribution in [0.25, 0.3) is 21.6 Å². The summed E-state index contributed by atoms with van der Waals surface area (Å²) >= 11 is 0. The highest BCUT2D eigenvalue weighted by molar-refractivity contribution is 6.01. The number of aliphatic hydroxyl groups is 1. The van der Waals surface area contributed by atoms with Crippen LogP contribution in [0.4, 0.5) is 0 Å². The van der Waals surface area contributed by atoms with Gasteiger partial charge in [-0.05, 0) is 81.7 Å². The molecule has 5 aromatic carbocycles. The third-order valence-electron chi connectivity index (χ3n) is 9.11. The summed E-state index contributed by atoms with van der Waals surface area (Å²) in [5.41, 5.74) is 19.9. The molecule has 0 fully saturated rings. The van der Waals surface area contributed by atoms with Gasteiger partial charge in [0.25, 0.3) is 5.91 Å². The number of amides is 1. The molecule has 270 valence electrons. The van der Waals surface area contributed by atoms with Gasteiger partial charge in [-0.3, -0.25) is 10.2 Å². The predicted octanol–water partition coefficient (Wildman–Crippen LogP) is 7.30. The molecule has 0 aliphatic carbocycles. The predicted molar refractivity (Wildman–Crippen MR) is 204 cm³/mol. The molecule has 0 radical (unpaired) electrons. The van der Waals surface area contributed by atoms with Crippen molar-refractivity contribution in [2.75, 3.05) is 26.9 Å². The molecule has 11 nitrogen and oxygen atoms in total. The van der Waals surface area contributed by atoms with Crippen molar-refractivity contribution in [3.8, 4) is 22.6 Å². The maximum atomic E-state index is 14.8. The molecule has 0 bridgehead atoms. The topological polar surface area (TPSA) is 150 Å². The van der Waals surface area contributed by atoms with Crippen molar-refractivity contribution in [1.82, 2.24) is 10.9 Å². The lowest BCUT2D eigenvalue weighted by Crippen LogP contribution is -2.54. The summed E-state index contributed by atoms with van der Waals surface area (Å²) in [7, 11) is 1.63. The smallest absolute Gasteiger partial charge is 0.266 e. The van der Waals surface area contributed by atoms with Crippen molar-refractivity contribution in [2.24, 2.45) is 10.1 Å². The Kier molecular flexibility index (Phi) is 12.4. The van der Waals surface area contributed by atoms with Gasteiger partial charge in [0.1, 0.15) is 11.5 Å². The van der Waals surface area contributed by atoms with Crippen LogP contribution in [0.2, 0.25) is 0 Å². The van der Waals surface area contributed by atoms with Crippen LogP contribution < -0.4 is 20.3 Å². The monoisotopic (exact) mass is 710 g/mol. The van der Waals surface area contributed by atoms with E-state index in [1.807, 2.05) is 115 Å². The zero-order valence-corrected chi connectivity index (χ0v) is 29.5. The van der Waals surface area contributed by atoms with Gasteiger partial charge in [-0.25, -0.2) is 10.4 Å². The van der Waals surface area contributed by atoms with E-state index in [-0.39, 0.29) is 25.5 Å². The van der Waals surface area contributed by atoms with E-state index < -0.39 is 11.6 Å². The maximum absolute atomic E-state index is 14.8. The minimum atomic E-state index is -1.48. The minimum Gasteiger partial charge on any atom is -0.497 e. The third kappa shape index (κ3) is 9.03. The first kappa shape index (κ1) is 36.7. The van der Waals surface area contributed by atoms with Crippen LogP contribution in [0.15, 0.2) is 138 Å². The molecule has 1 amide bonds. The zero-order chi connectivity index (χ0) is 36.9. The normalized spacial score (nSPS) is 16.2. The number of nitrogens with zero attached hydrogens (tertiary/aromatic N) is 4. The van der Waals surface area contributed by atoms with Crippen LogP contribution in [0.1, 0.15) is 40.3 Å². The fraction of sp³-hybridized carbons (Fsp3) is 0.238. The van der Waals surface area contributed by atoms with Gasteiger partial charge in [0.05, 0.1) is 20.3 Å². The van der Waals surface area contributed by atoms with Crippen LogP contribution in [-0.4, -0.2) is 49.3 Å². The number of nitrogens with one attached hydrogen (secondary N) is 2. The molecule has 1 aliphatic rings. The Hall–Kier alpha value is -6.13. The first-order chi connectivity index (χ1) is 26.0. The van der Waals surface area contributed by atoms with E-state index in [0.29, 0.717) is 43.2 Å². The fourth-order valence-electron chi connectivity index (χ4n) is 6.33. The first-order valence-electron chi connectivity index (χ1n) is 17.5. The number of ether oxygens (including phenoxy) is 3. The second kappa shape index (κ2) is 17.9. The maximum Gasteiger partial charge on any atom is 0.266 e. The summed E-state index contributed by atoms with van der Waals surface area (Å²) in [6.07, 6.45) is 0.497. The molecule has 3 N–H and O–H groups in total. The Morgan fingerprint density at radius 3 is 2.34 bits per heavy atom. The quantitative estimate of drug-likeness (QED) is 0.0303. The molecule has 0 unspecified atom stereocenters. The van der Waals surface area contributed by atoms with Gasteiger partial charge in [-0.2, -0.15) is 0 Å². The van der Waals surface area contributed by atoms with Crippen molar-refractivity contribution >= 4 is 11.8 Å². The van der Waals surface area contributed by atoms with E-state index in [1.54, 1.807) is 7.11 Å². The Labute approximate surface area is 308 Å². The summed E-state index contributed by atoms with van der Waals surface area (Å²) in [4.78, 5) is 22.9. The molecule has 0 spiro atoms. The summed E-state index contributed by atoms with van der Waals surface area (Å²) in [5.74, 6) is 1.34. The number of azide groups is 1. The van der Waals surface area contributed by atoms with Crippen molar-refractivity contribution in [1.29, 1.82) is 0 Å². The number of aliphatic hydroxyl groups excluding tert-OH is 1. The number of hydrazine groups is 1. The van der Waals surface area contributed by atoms with Gasteiger partial charge >= 0.3 is 0 Å². The van der Waals surface area contributed by atoms with E-state index in [4.69, 9.17) is 29.8 Å². The number of aliphatic imine (C=N–C) groups is 1. The van der Waals surface area contributed by atoms with Gasteiger partial charge in [-0.1, -0.05) is 96.1 Å². The standard InChI is InChI=1S/C42H42N6O5/c1-51-38-14-7-9-30(27-38)23-24-44-47-41(50)42(28-35-12-5-6-13-36(35)29-45-48-43)39(33-17-15-32(16-18-33)31-10-3-2-4-11-31)53-40(46-42)34-19-21-37(22-20-34)52-26-8-25-49/h2-7,9-22,27,39,44,49H,8,23-26,28-29H2,1H3,(H,47,50)/t39-,42-/m0/s1. The molecular formula is C42H42N6O5. The molecule has 5 aromatic rings. The molecule has 1 aliphatic heterocycles. The average molecular weight is 711 g/mol. The highest BCUT2D eigenvalue weighted by Gasteiger charge is 2.53. The summed E-state index contributed by atoms with van der Waals surface area (Å²) in [5, 5.41) is 13.0. The van der Waals surface area contributed by atoms with Crippen molar-refractivity contribution in [3.05, 3.63) is 166 Å². The van der Waals surface area contributed by atoms with Gasteiger partial charge in [0, 0.05) is 36.5 Å². The van der Waals surface area contributed by atoms with Crippen LogP contribution in [-0.2, 0) is 28.9 Å². The van der Waals surface area contributed by atoms with Crippen LogP contribution >= 0.6 is 0 Å². The molecule has 0 aromatic heterocycles. The first-order valence-corrected chi connectivity index (χ1v) is 17.5. The highest BCUT2D eigenvalue weighted by atomic mass is 16.5. The Balaban J connectivity index is 1.38. The van der Waals surface area contributed by atoms with Crippen molar-refractivity contribution in [2.45, 2.75) is 37.5 Å². The lowest BCUT2D eigenvalue weighted by atomic mass is 9.80. The van der Waals surface area contributed by atoms with E-state index in [1.165, 1.54) is 0 Å². The van der Waals surface area contributed by atoms with Gasteiger partial charge < -0.3 is 19.3 Å². The number of methoxy groups -OCH3 is 1. The SMILES string of the molecule is COc1cccc(CCNNC(=O)[C@@]2(Cc3ccccc3CN=[N+]=[N-])N=C(c3ccc(OCCCO)cc3)O[C@H]2c2ccc(-c3ccccc3)cc2)c1. The largest absolute Gasteiger partial charge is 0.497 e. The number of carbonyl (C=O) groups excluding carboxylic acids is 1. The van der Waals surface area contributed by atoms with Crippen LogP contribution in [0.5, 0.6) is 11.5 Å². The molecule has 0 saturated heterocycles. The fourth-order valence-corrected chi connectivity index (χ4v) is 6.33. The molecule has 11 heteroatoms. The Bertz CT molecular complexity index is 2050. The number of benzene rings is 5.